The average molecular weight is 273 g/mol. The van der Waals surface area contributed by atoms with Crippen LogP contribution >= 0.6 is 11.6 Å². The van der Waals surface area contributed by atoms with Gasteiger partial charge in [-0.3, -0.25) is 0 Å². The van der Waals surface area contributed by atoms with Crippen LogP contribution in [0.1, 0.15) is 13.8 Å². The first-order chi connectivity index (χ1) is 7.23. The molecule has 0 aromatic rings. The summed E-state index contributed by atoms with van der Waals surface area (Å²) in [6, 6.07) is -0.0800. The number of ether oxygens (including phenoxy) is 1. The van der Waals surface area contributed by atoms with Crippen LogP contribution in [0.25, 0.3) is 0 Å². The van der Waals surface area contributed by atoms with Gasteiger partial charge in [0.15, 0.2) is 0 Å². The van der Waals surface area contributed by atoms with Crippen molar-refractivity contribution in [2.45, 2.75) is 25.3 Å². The van der Waals surface area contributed by atoms with Gasteiger partial charge < -0.3 is 4.74 Å². The summed E-state index contributed by atoms with van der Waals surface area (Å²) in [5.74, 6) is 0. The van der Waals surface area contributed by atoms with E-state index in [1.807, 2.05) is 13.8 Å². The molecule has 0 radical (unpaired) electrons. The Hall–Kier alpha value is 0.120. The molecule has 0 aromatic heterocycles. The Morgan fingerprint density at radius 2 is 1.81 bits per heavy atom. The van der Waals surface area contributed by atoms with E-state index >= 15 is 0 Å². The fourth-order valence-corrected chi connectivity index (χ4v) is 2.85. The molecule has 0 rings (SSSR count). The first-order valence-corrected chi connectivity index (χ1v) is 6.89. The molecule has 0 fully saturated rings. The van der Waals surface area contributed by atoms with Gasteiger partial charge in [0.2, 0.25) is 0 Å². The Balaban J connectivity index is 4.53. The molecule has 1 unspecified atom stereocenters. The highest BCUT2D eigenvalue weighted by Crippen LogP contribution is 2.10. The summed E-state index contributed by atoms with van der Waals surface area (Å²) in [5, 5.41) is -0.342. The van der Waals surface area contributed by atoms with Crippen LogP contribution in [-0.4, -0.2) is 62.8 Å². The van der Waals surface area contributed by atoms with Crippen molar-refractivity contribution in [2.24, 2.45) is 0 Å². The molecule has 0 aromatic carbocycles. The molecule has 16 heavy (non-hydrogen) atoms. The standard InChI is InChI=1S/C9H21ClN2O3S/c1-8(2)12(4)16(13,14)11(3)6-9(10)7-15-5/h8-9H,6-7H2,1-5H3. The molecular weight excluding hydrogens is 252 g/mol. The summed E-state index contributed by atoms with van der Waals surface area (Å²) < 4.78 is 31.3. The van der Waals surface area contributed by atoms with Gasteiger partial charge in [-0.2, -0.15) is 17.0 Å². The molecule has 0 saturated carbocycles. The minimum atomic E-state index is -3.42. The molecule has 0 N–H and O–H groups in total. The van der Waals surface area contributed by atoms with Crippen molar-refractivity contribution in [1.29, 1.82) is 0 Å². The molecule has 0 amide bonds. The third-order valence-electron chi connectivity index (χ3n) is 2.29. The Bertz CT molecular complexity index is 295. The van der Waals surface area contributed by atoms with Gasteiger partial charge in [-0.05, 0) is 13.8 Å². The predicted molar refractivity (Wildman–Crippen MR) is 66.0 cm³/mol. The number of methoxy groups -OCH3 is 1. The molecule has 98 valence electrons. The largest absolute Gasteiger partial charge is 0.383 e. The van der Waals surface area contributed by atoms with E-state index in [9.17, 15) is 8.42 Å². The normalized spacial score (nSPS) is 15.1. The van der Waals surface area contributed by atoms with Gasteiger partial charge in [0.1, 0.15) is 0 Å². The van der Waals surface area contributed by atoms with Crippen LogP contribution in [0.4, 0.5) is 0 Å². The molecule has 1 atom stereocenters. The summed E-state index contributed by atoms with van der Waals surface area (Å²) in [5.41, 5.74) is 0. The van der Waals surface area contributed by atoms with Gasteiger partial charge >= 0.3 is 0 Å². The van der Waals surface area contributed by atoms with Crippen molar-refractivity contribution in [3.8, 4) is 0 Å². The zero-order valence-corrected chi connectivity index (χ0v) is 12.0. The van der Waals surface area contributed by atoms with E-state index in [-0.39, 0.29) is 18.0 Å². The first kappa shape index (κ1) is 16.1. The maximum Gasteiger partial charge on any atom is 0.281 e. The number of halogens is 1. The van der Waals surface area contributed by atoms with E-state index in [0.717, 1.165) is 0 Å². The molecule has 0 aliphatic rings. The maximum absolute atomic E-state index is 12.0. The van der Waals surface area contributed by atoms with Gasteiger partial charge in [-0.25, -0.2) is 0 Å². The van der Waals surface area contributed by atoms with Crippen molar-refractivity contribution in [3.63, 3.8) is 0 Å². The Labute approximate surface area is 103 Å². The molecule has 0 bridgehead atoms. The first-order valence-electron chi connectivity index (χ1n) is 5.05. The van der Waals surface area contributed by atoms with Crippen LogP contribution in [0.5, 0.6) is 0 Å². The fourth-order valence-electron chi connectivity index (χ4n) is 1.09. The van der Waals surface area contributed by atoms with Crippen LogP contribution < -0.4 is 0 Å². The zero-order valence-electron chi connectivity index (χ0n) is 10.5. The number of hydrogen-bond acceptors (Lipinski definition) is 3. The van der Waals surface area contributed by atoms with E-state index in [1.165, 1.54) is 22.8 Å². The van der Waals surface area contributed by atoms with Crippen molar-refractivity contribution >= 4 is 21.8 Å². The molecule has 7 heteroatoms. The molecule has 0 aliphatic carbocycles. The molecule has 0 spiro atoms. The quantitative estimate of drug-likeness (QED) is 0.643. The van der Waals surface area contributed by atoms with Crippen molar-refractivity contribution in [2.75, 3.05) is 34.4 Å². The number of nitrogens with zero attached hydrogens (tertiary/aromatic N) is 2. The van der Waals surface area contributed by atoms with E-state index in [0.29, 0.717) is 6.61 Å². The second-order valence-corrected chi connectivity index (χ2v) is 6.66. The Kier molecular flexibility index (Phi) is 6.81. The van der Waals surface area contributed by atoms with Crippen molar-refractivity contribution < 1.29 is 13.2 Å². The monoisotopic (exact) mass is 272 g/mol. The molecular formula is C9H21ClN2O3S. The molecule has 0 heterocycles. The van der Waals surface area contributed by atoms with Gasteiger partial charge in [-0.15, -0.1) is 11.6 Å². The molecule has 0 saturated heterocycles. The van der Waals surface area contributed by atoms with Gasteiger partial charge in [-0.1, -0.05) is 0 Å². The van der Waals surface area contributed by atoms with Crippen molar-refractivity contribution in [3.05, 3.63) is 0 Å². The summed E-state index contributed by atoms with van der Waals surface area (Å²) in [7, 11) is 1.17. The molecule has 0 aliphatic heterocycles. The van der Waals surface area contributed by atoms with E-state index in [1.54, 1.807) is 7.05 Å². The average Bonchev–Trinajstić information content (AvgIpc) is 2.16. The van der Waals surface area contributed by atoms with Crippen LogP contribution in [0.3, 0.4) is 0 Å². The third-order valence-corrected chi connectivity index (χ3v) is 4.64. The topological polar surface area (TPSA) is 49.9 Å². The lowest BCUT2D eigenvalue weighted by molar-refractivity contribution is 0.191. The van der Waals surface area contributed by atoms with Crippen LogP contribution in [0, 0.1) is 0 Å². The van der Waals surface area contributed by atoms with Gasteiger partial charge in [0, 0.05) is 33.8 Å². The zero-order chi connectivity index (χ0) is 12.9. The lowest BCUT2D eigenvalue weighted by atomic mass is 10.4. The van der Waals surface area contributed by atoms with Crippen LogP contribution in [-0.2, 0) is 14.9 Å². The van der Waals surface area contributed by atoms with Gasteiger partial charge in [0.05, 0.1) is 12.0 Å². The Morgan fingerprint density at radius 1 is 1.31 bits per heavy atom. The lowest BCUT2D eigenvalue weighted by Crippen LogP contribution is -2.45. The second kappa shape index (κ2) is 6.76. The highest BCUT2D eigenvalue weighted by atomic mass is 35.5. The minimum absolute atomic E-state index is 0.0800. The highest BCUT2D eigenvalue weighted by Gasteiger charge is 2.26. The van der Waals surface area contributed by atoms with Crippen molar-refractivity contribution in [1.82, 2.24) is 8.61 Å². The summed E-state index contributed by atoms with van der Waals surface area (Å²) >= 11 is 5.92. The van der Waals surface area contributed by atoms with E-state index in [4.69, 9.17) is 16.3 Å². The number of alkyl halides is 1. The SMILES string of the molecule is COCC(Cl)CN(C)S(=O)(=O)N(C)C(C)C. The maximum atomic E-state index is 12.0. The lowest BCUT2D eigenvalue weighted by Gasteiger charge is -2.28. The van der Waals surface area contributed by atoms with Crippen LogP contribution in [0.2, 0.25) is 0 Å². The number of rotatable bonds is 7. The Morgan fingerprint density at radius 3 is 2.19 bits per heavy atom. The summed E-state index contributed by atoms with van der Waals surface area (Å²) in [6.07, 6.45) is 0. The third kappa shape index (κ3) is 4.55. The smallest absolute Gasteiger partial charge is 0.281 e. The summed E-state index contributed by atoms with van der Waals surface area (Å²) in [4.78, 5) is 0. The molecule has 5 nitrogen and oxygen atoms in total. The van der Waals surface area contributed by atoms with E-state index in [2.05, 4.69) is 0 Å². The highest BCUT2D eigenvalue weighted by molar-refractivity contribution is 7.86. The summed E-state index contributed by atoms with van der Waals surface area (Å²) in [6.45, 7) is 4.19. The second-order valence-electron chi connectivity index (χ2n) is 3.95. The van der Waals surface area contributed by atoms with E-state index < -0.39 is 10.2 Å². The van der Waals surface area contributed by atoms with Crippen LogP contribution in [0.15, 0.2) is 0 Å². The number of hydrogen-bond donors (Lipinski definition) is 0. The predicted octanol–water partition coefficient (Wildman–Crippen LogP) is 0.757. The fraction of sp³-hybridized carbons (Fsp3) is 1.00. The minimum Gasteiger partial charge on any atom is -0.383 e. The van der Waals surface area contributed by atoms with Gasteiger partial charge in [0.25, 0.3) is 10.2 Å².